The molecule has 3 amide bonds. The molecule has 1 unspecified atom stereocenters. The maximum absolute atomic E-state index is 13.6. The number of aliphatic imine (C=N–C) groups is 1. The second kappa shape index (κ2) is 9.85. The number of carbonyl (C=O) groups is 4. The fourth-order valence-corrected chi connectivity index (χ4v) is 6.19. The van der Waals surface area contributed by atoms with Gasteiger partial charge in [-0.05, 0) is 43.7 Å². The highest BCUT2D eigenvalue weighted by Crippen LogP contribution is 2.55. The Balaban J connectivity index is 1.57. The number of benzene rings is 2. The summed E-state index contributed by atoms with van der Waals surface area (Å²) in [6.07, 6.45) is 0.186. The maximum atomic E-state index is 13.6. The molecule has 0 saturated carbocycles. The van der Waals surface area contributed by atoms with Crippen molar-refractivity contribution >= 4 is 41.3 Å². The molecule has 0 radical (unpaired) electrons. The monoisotopic (exact) mass is 527 g/mol. The van der Waals surface area contributed by atoms with Crippen LogP contribution in [0.4, 0.5) is 4.39 Å². The highest BCUT2D eigenvalue weighted by atomic mass is 32.2. The summed E-state index contributed by atoms with van der Waals surface area (Å²) in [5.41, 5.74) is 4.72. The van der Waals surface area contributed by atoms with Crippen LogP contribution in [0, 0.1) is 5.82 Å². The molecule has 2 fully saturated rings. The van der Waals surface area contributed by atoms with Crippen molar-refractivity contribution in [2.75, 3.05) is 6.54 Å². The van der Waals surface area contributed by atoms with E-state index in [0.29, 0.717) is 11.1 Å². The van der Waals surface area contributed by atoms with Crippen molar-refractivity contribution in [3.63, 3.8) is 0 Å². The predicted molar refractivity (Wildman–Crippen MR) is 135 cm³/mol. The van der Waals surface area contributed by atoms with E-state index < -0.39 is 46.6 Å². The molecule has 2 aliphatic heterocycles. The molecule has 2 aromatic rings. The van der Waals surface area contributed by atoms with Gasteiger partial charge >= 0.3 is 5.97 Å². The Morgan fingerprint density at radius 3 is 2.43 bits per heavy atom. The molecule has 10 nitrogen and oxygen atoms in total. The van der Waals surface area contributed by atoms with Gasteiger partial charge in [-0.3, -0.25) is 24.3 Å². The number of hydrogen-bond acceptors (Lipinski definition) is 6. The van der Waals surface area contributed by atoms with Crippen LogP contribution >= 0.6 is 11.8 Å². The number of amides is 3. The highest BCUT2D eigenvalue weighted by molar-refractivity contribution is 8.01. The predicted octanol–water partition coefficient (Wildman–Crippen LogP) is 1.37. The highest BCUT2D eigenvalue weighted by Gasteiger charge is 2.70. The SMILES string of the molecule is CC1(C)S[C@@H]2CC(=O)N2[C@@]1(NC(=O)C(NC(=O)CN=C(N)c1ccc(F)cc1)c1ccccc1)C(=O)O. The van der Waals surface area contributed by atoms with Gasteiger partial charge in [-0.2, -0.15) is 0 Å². The number of fused-ring (bicyclic) bond motifs is 1. The van der Waals surface area contributed by atoms with Crippen molar-refractivity contribution in [2.24, 2.45) is 10.7 Å². The number of hydrogen-bond donors (Lipinski definition) is 4. The molecular weight excluding hydrogens is 501 g/mol. The van der Waals surface area contributed by atoms with Crippen LogP contribution in [-0.2, 0) is 19.2 Å². The summed E-state index contributed by atoms with van der Waals surface area (Å²) in [4.78, 5) is 56.5. The summed E-state index contributed by atoms with van der Waals surface area (Å²) in [6.45, 7) is 2.87. The van der Waals surface area contributed by atoms with E-state index in [4.69, 9.17) is 5.73 Å². The molecule has 4 rings (SSSR count). The molecular formula is C25H26FN5O5S. The van der Waals surface area contributed by atoms with E-state index in [0.717, 1.165) is 0 Å². The minimum Gasteiger partial charge on any atom is -0.478 e. The number of aliphatic carboxylic acids is 1. The third-order valence-corrected chi connectivity index (χ3v) is 7.95. The lowest BCUT2D eigenvalue weighted by molar-refractivity contribution is -0.173. The van der Waals surface area contributed by atoms with Gasteiger partial charge < -0.3 is 21.5 Å². The Morgan fingerprint density at radius 1 is 1.19 bits per heavy atom. The van der Waals surface area contributed by atoms with Crippen molar-refractivity contribution in [1.82, 2.24) is 15.5 Å². The standard InChI is InChI=1S/C25H26FN5O5S/c1-24(2)25(23(35)36,31-18(33)12-19(31)37-24)30-22(34)20(14-6-4-3-5-7-14)29-17(32)13-28-21(27)15-8-10-16(26)11-9-15/h3-11,19-20H,12-13H2,1-2H3,(H2,27,28)(H,29,32)(H,30,34)(H,35,36)/t19-,20?,25+/m1/s1. The number of β-lactam (4-membered cyclic amide) rings is 1. The van der Waals surface area contributed by atoms with E-state index in [-0.39, 0.29) is 23.5 Å². The van der Waals surface area contributed by atoms with Gasteiger partial charge in [0.2, 0.25) is 23.4 Å². The van der Waals surface area contributed by atoms with Crippen LogP contribution < -0.4 is 16.4 Å². The Hall–Kier alpha value is -3.93. The van der Waals surface area contributed by atoms with Gasteiger partial charge in [-0.15, -0.1) is 11.8 Å². The van der Waals surface area contributed by atoms with Crippen molar-refractivity contribution < 1.29 is 28.7 Å². The van der Waals surface area contributed by atoms with E-state index in [1.807, 2.05) is 0 Å². The quantitative estimate of drug-likeness (QED) is 0.230. The van der Waals surface area contributed by atoms with Gasteiger partial charge in [0, 0.05) is 5.56 Å². The van der Waals surface area contributed by atoms with Gasteiger partial charge in [0.25, 0.3) is 0 Å². The maximum Gasteiger partial charge on any atom is 0.352 e. The van der Waals surface area contributed by atoms with E-state index >= 15 is 0 Å². The average Bonchev–Trinajstić information content (AvgIpc) is 3.03. The van der Waals surface area contributed by atoms with Gasteiger partial charge in [-0.1, -0.05) is 30.3 Å². The first-order valence-corrected chi connectivity index (χ1v) is 12.3. The largest absolute Gasteiger partial charge is 0.478 e. The lowest BCUT2D eigenvalue weighted by Crippen LogP contribution is -2.75. The molecule has 194 valence electrons. The van der Waals surface area contributed by atoms with Crippen LogP contribution in [0.2, 0.25) is 0 Å². The van der Waals surface area contributed by atoms with E-state index in [1.165, 1.54) is 40.9 Å². The van der Waals surface area contributed by atoms with Crippen LogP contribution in [0.25, 0.3) is 0 Å². The summed E-state index contributed by atoms with van der Waals surface area (Å²) >= 11 is 1.30. The van der Waals surface area contributed by atoms with Crippen LogP contribution in [-0.4, -0.2) is 61.9 Å². The van der Waals surface area contributed by atoms with Crippen molar-refractivity contribution in [3.05, 3.63) is 71.5 Å². The molecule has 12 heteroatoms. The van der Waals surface area contributed by atoms with Crippen molar-refractivity contribution in [1.29, 1.82) is 0 Å². The van der Waals surface area contributed by atoms with Crippen LogP contribution in [0.3, 0.4) is 0 Å². The van der Waals surface area contributed by atoms with E-state index in [1.54, 1.807) is 44.2 Å². The topological polar surface area (TPSA) is 154 Å². The number of nitrogens with two attached hydrogens (primary N) is 1. The Kier molecular flexibility index (Phi) is 6.96. The number of nitrogens with zero attached hydrogens (tertiary/aromatic N) is 2. The number of carbonyl (C=O) groups excluding carboxylic acids is 3. The fraction of sp³-hybridized carbons (Fsp3) is 0.320. The van der Waals surface area contributed by atoms with Crippen molar-refractivity contribution in [3.8, 4) is 0 Å². The molecule has 5 N–H and O–H groups in total. The van der Waals surface area contributed by atoms with Crippen LogP contribution in [0.15, 0.2) is 59.6 Å². The Labute approximate surface area is 216 Å². The van der Waals surface area contributed by atoms with Crippen LogP contribution in [0.1, 0.15) is 37.4 Å². The summed E-state index contributed by atoms with van der Waals surface area (Å²) in [5, 5.41) is 15.0. The van der Waals surface area contributed by atoms with Crippen LogP contribution in [0.5, 0.6) is 0 Å². The second-order valence-electron chi connectivity index (χ2n) is 9.18. The fourth-order valence-electron chi connectivity index (χ4n) is 4.50. The zero-order valence-electron chi connectivity index (χ0n) is 20.1. The molecule has 3 atom stereocenters. The Morgan fingerprint density at radius 2 is 1.84 bits per heavy atom. The molecule has 2 aliphatic rings. The number of carboxylic acids is 1. The van der Waals surface area contributed by atoms with E-state index in [9.17, 15) is 28.7 Å². The smallest absolute Gasteiger partial charge is 0.352 e. The molecule has 0 bridgehead atoms. The van der Waals surface area contributed by atoms with Gasteiger partial charge in [-0.25, -0.2) is 9.18 Å². The third-order valence-electron chi connectivity index (χ3n) is 6.42. The number of thioether (sulfide) groups is 1. The van der Waals surface area contributed by atoms with Gasteiger partial charge in [0.15, 0.2) is 0 Å². The normalized spacial score (nSPS) is 23.0. The summed E-state index contributed by atoms with van der Waals surface area (Å²) in [7, 11) is 0. The molecule has 37 heavy (non-hydrogen) atoms. The number of carboxylic acid groups (broad SMARTS) is 1. The second-order valence-corrected chi connectivity index (χ2v) is 11.0. The number of nitrogens with one attached hydrogen (secondary N) is 2. The summed E-state index contributed by atoms with van der Waals surface area (Å²) in [5.74, 6) is -3.64. The average molecular weight is 528 g/mol. The first kappa shape index (κ1) is 26.1. The minimum absolute atomic E-state index is 0.00719. The lowest BCUT2D eigenvalue weighted by atomic mass is 9.89. The number of rotatable bonds is 8. The molecule has 2 saturated heterocycles. The number of amidine groups is 1. The zero-order valence-corrected chi connectivity index (χ0v) is 20.9. The molecule has 0 spiro atoms. The zero-order chi connectivity index (χ0) is 27.0. The van der Waals surface area contributed by atoms with E-state index in [2.05, 4.69) is 15.6 Å². The van der Waals surface area contributed by atoms with Crippen molar-refractivity contribution in [2.45, 2.75) is 42.1 Å². The first-order valence-electron chi connectivity index (χ1n) is 11.4. The Bertz CT molecular complexity index is 1270. The third kappa shape index (κ3) is 4.76. The first-order chi connectivity index (χ1) is 17.5. The molecule has 2 heterocycles. The summed E-state index contributed by atoms with van der Waals surface area (Å²) < 4.78 is 12.1. The lowest BCUT2D eigenvalue weighted by Gasteiger charge is -2.46. The molecule has 0 aromatic heterocycles. The molecule has 2 aromatic carbocycles. The summed E-state index contributed by atoms with van der Waals surface area (Å²) in [6, 6.07) is 12.3. The number of halogens is 1. The van der Waals surface area contributed by atoms with Gasteiger partial charge in [0.05, 0.1) is 16.5 Å². The van der Waals surface area contributed by atoms with Gasteiger partial charge in [0.1, 0.15) is 24.2 Å². The minimum atomic E-state index is -2.00. The molecule has 0 aliphatic carbocycles.